The Balaban J connectivity index is 2.07. The van der Waals surface area contributed by atoms with E-state index in [0.717, 1.165) is 18.6 Å². The average Bonchev–Trinajstić information content (AvgIpc) is 2.80. The van der Waals surface area contributed by atoms with Gasteiger partial charge in [0.2, 0.25) is 0 Å². The molecule has 4 heteroatoms. The van der Waals surface area contributed by atoms with Gasteiger partial charge in [0, 0.05) is 12.0 Å². The van der Waals surface area contributed by atoms with E-state index < -0.39 is 0 Å². The summed E-state index contributed by atoms with van der Waals surface area (Å²) in [5.41, 5.74) is 0.294. The van der Waals surface area contributed by atoms with E-state index in [9.17, 15) is 4.79 Å². The number of nitriles is 1. The molecule has 0 N–H and O–H groups in total. The van der Waals surface area contributed by atoms with Gasteiger partial charge < -0.3 is 4.52 Å². The molecule has 1 aromatic heterocycles. The normalized spacial score (nSPS) is 16.9. The summed E-state index contributed by atoms with van der Waals surface area (Å²) in [7, 11) is 0. The number of aromatic nitrogens is 1. The van der Waals surface area contributed by atoms with Crippen LogP contribution in [0.4, 0.5) is 0 Å². The van der Waals surface area contributed by atoms with Gasteiger partial charge in [-0.05, 0) is 12.8 Å². The summed E-state index contributed by atoms with van der Waals surface area (Å²) in [6.07, 6.45) is 5.81. The highest BCUT2D eigenvalue weighted by molar-refractivity contribution is 5.95. The van der Waals surface area contributed by atoms with Crippen LogP contribution >= 0.6 is 0 Å². The zero-order chi connectivity index (χ0) is 11.4. The van der Waals surface area contributed by atoms with Gasteiger partial charge in [-0.2, -0.15) is 5.26 Å². The van der Waals surface area contributed by atoms with Crippen LogP contribution in [-0.4, -0.2) is 10.9 Å². The summed E-state index contributed by atoms with van der Waals surface area (Å²) in [6, 6.07) is 3.53. The number of carbonyl (C=O) groups excluding carboxylic acids is 1. The Kier molecular flexibility index (Phi) is 3.35. The van der Waals surface area contributed by atoms with Crippen molar-refractivity contribution in [3.8, 4) is 6.07 Å². The summed E-state index contributed by atoms with van der Waals surface area (Å²) in [5.74, 6) is 0.958. The van der Waals surface area contributed by atoms with Crippen molar-refractivity contribution in [1.29, 1.82) is 5.26 Å². The summed E-state index contributed by atoms with van der Waals surface area (Å²) < 4.78 is 5.19. The molecule has 0 aromatic carbocycles. The maximum Gasteiger partial charge on any atom is 0.198 e. The van der Waals surface area contributed by atoms with Gasteiger partial charge in [-0.1, -0.05) is 24.4 Å². The van der Waals surface area contributed by atoms with Crippen LogP contribution < -0.4 is 0 Å². The third kappa shape index (κ3) is 2.30. The van der Waals surface area contributed by atoms with Crippen molar-refractivity contribution in [1.82, 2.24) is 5.16 Å². The molecular weight excluding hydrogens is 204 g/mol. The minimum atomic E-state index is -0.256. The second kappa shape index (κ2) is 4.93. The number of hydrogen-bond acceptors (Lipinski definition) is 4. The van der Waals surface area contributed by atoms with Gasteiger partial charge in [-0.25, -0.2) is 0 Å². The lowest BCUT2D eigenvalue weighted by molar-refractivity contribution is 0.0989. The summed E-state index contributed by atoms with van der Waals surface area (Å²) >= 11 is 0. The van der Waals surface area contributed by atoms with Crippen LogP contribution in [-0.2, 0) is 0 Å². The van der Waals surface area contributed by atoms with Gasteiger partial charge in [-0.3, -0.25) is 4.79 Å². The molecule has 0 amide bonds. The van der Waals surface area contributed by atoms with Gasteiger partial charge >= 0.3 is 0 Å². The Morgan fingerprint density at radius 3 is 2.94 bits per heavy atom. The predicted molar refractivity (Wildman–Crippen MR) is 56.9 cm³/mol. The fourth-order valence-electron chi connectivity index (χ4n) is 2.16. The number of carbonyl (C=O) groups is 1. The van der Waals surface area contributed by atoms with Crippen LogP contribution in [0.15, 0.2) is 10.6 Å². The highest BCUT2D eigenvalue weighted by Crippen LogP contribution is 2.32. The molecule has 0 aliphatic heterocycles. The van der Waals surface area contributed by atoms with Gasteiger partial charge in [0.05, 0.1) is 6.07 Å². The molecule has 84 valence electrons. The monoisotopic (exact) mass is 218 g/mol. The van der Waals surface area contributed by atoms with Gasteiger partial charge in [0.15, 0.2) is 11.5 Å². The SMILES string of the molecule is N#CCC(=O)c1cc(C2CCCCC2)on1. The largest absolute Gasteiger partial charge is 0.360 e. The number of Topliss-reactive ketones (excluding diaryl/α,β-unsaturated/α-hetero) is 1. The van der Waals surface area contributed by atoms with Crippen LogP contribution in [0.3, 0.4) is 0 Å². The van der Waals surface area contributed by atoms with E-state index in [-0.39, 0.29) is 12.2 Å². The number of ketones is 1. The van der Waals surface area contributed by atoms with Crippen molar-refractivity contribution in [2.45, 2.75) is 44.4 Å². The molecule has 4 nitrogen and oxygen atoms in total. The lowest BCUT2D eigenvalue weighted by Crippen LogP contribution is -2.03. The molecule has 1 heterocycles. The second-order valence-electron chi connectivity index (χ2n) is 4.21. The maximum absolute atomic E-state index is 11.4. The minimum absolute atomic E-state index is 0.128. The lowest BCUT2D eigenvalue weighted by Gasteiger charge is -2.18. The van der Waals surface area contributed by atoms with Crippen molar-refractivity contribution in [2.75, 3.05) is 0 Å². The van der Waals surface area contributed by atoms with E-state index in [0.29, 0.717) is 11.6 Å². The molecule has 1 saturated carbocycles. The van der Waals surface area contributed by atoms with Crippen molar-refractivity contribution < 1.29 is 9.32 Å². The molecule has 1 aromatic rings. The Hall–Kier alpha value is -1.63. The molecule has 0 radical (unpaired) electrons. The molecular formula is C12H14N2O2. The number of rotatable bonds is 3. The zero-order valence-corrected chi connectivity index (χ0v) is 9.11. The summed E-state index contributed by atoms with van der Waals surface area (Å²) in [6.45, 7) is 0. The number of nitrogens with zero attached hydrogens (tertiary/aromatic N) is 2. The van der Waals surface area contributed by atoms with E-state index in [1.807, 2.05) is 6.07 Å². The molecule has 0 bridgehead atoms. The van der Waals surface area contributed by atoms with Crippen LogP contribution in [0.1, 0.15) is 60.7 Å². The predicted octanol–water partition coefficient (Wildman–Crippen LogP) is 2.82. The molecule has 1 aliphatic carbocycles. The quantitative estimate of drug-likeness (QED) is 0.731. The van der Waals surface area contributed by atoms with Gasteiger partial charge in [0.25, 0.3) is 0 Å². The molecule has 0 atom stereocenters. The van der Waals surface area contributed by atoms with Crippen LogP contribution in [0.2, 0.25) is 0 Å². The van der Waals surface area contributed by atoms with E-state index >= 15 is 0 Å². The first-order valence-electron chi connectivity index (χ1n) is 5.68. The highest BCUT2D eigenvalue weighted by Gasteiger charge is 2.21. The van der Waals surface area contributed by atoms with Crippen LogP contribution in [0.5, 0.6) is 0 Å². The Morgan fingerprint density at radius 2 is 2.25 bits per heavy atom. The lowest BCUT2D eigenvalue weighted by atomic mass is 9.87. The second-order valence-corrected chi connectivity index (χ2v) is 4.21. The molecule has 2 rings (SSSR count). The van der Waals surface area contributed by atoms with Crippen LogP contribution in [0.25, 0.3) is 0 Å². The van der Waals surface area contributed by atoms with Crippen molar-refractivity contribution in [3.05, 3.63) is 17.5 Å². The van der Waals surface area contributed by atoms with Crippen molar-refractivity contribution in [3.63, 3.8) is 0 Å². The summed E-state index contributed by atoms with van der Waals surface area (Å²) in [4.78, 5) is 11.4. The number of hydrogen-bond donors (Lipinski definition) is 0. The van der Waals surface area contributed by atoms with Crippen LogP contribution in [0, 0.1) is 11.3 Å². The van der Waals surface area contributed by atoms with Crippen molar-refractivity contribution >= 4 is 5.78 Å². The maximum atomic E-state index is 11.4. The molecule has 0 saturated heterocycles. The third-order valence-corrected chi connectivity index (χ3v) is 3.06. The first-order valence-corrected chi connectivity index (χ1v) is 5.68. The molecule has 16 heavy (non-hydrogen) atoms. The average molecular weight is 218 g/mol. The fourth-order valence-corrected chi connectivity index (χ4v) is 2.16. The third-order valence-electron chi connectivity index (χ3n) is 3.06. The molecule has 1 fully saturated rings. The standard InChI is InChI=1S/C12H14N2O2/c13-7-6-11(15)10-8-12(16-14-10)9-4-2-1-3-5-9/h8-9H,1-6H2. The van der Waals surface area contributed by atoms with Crippen molar-refractivity contribution in [2.24, 2.45) is 0 Å². The van der Waals surface area contributed by atoms with Gasteiger partial charge in [0.1, 0.15) is 12.2 Å². The fraction of sp³-hybridized carbons (Fsp3) is 0.583. The topological polar surface area (TPSA) is 66.9 Å². The van der Waals surface area contributed by atoms with Gasteiger partial charge in [-0.15, -0.1) is 0 Å². The van der Waals surface area contributed by atoms with E-state index in [4.69, 9.17) is 9.78 Å². The Labute approximate surface area is 94.2 Å². The highest BCUT2D eigenvalue weighted by atomic mass is 16.5. The summed E-state index contributed by atoms with van der Waals surface area (Å²) in [5, 5.41) is 12.2. The molecule has 1 aliphatic rings. The first kappa shape index (κ1) is 10.9. The minimum Gasteiger partial charge on any atom is -0.360 e. The van der Waals surface area contributed by atoms with E-state index in [1.165, 1.54) is 19.3 Å². The van der Waals surface area contributed by atoms with E-state index in [1.54, 1.807) is 6.07 Å². The van der Waals surface area contributed by atoms with E-state index in [2.05, 4.69) is 5.16 Å². The Morgan fingerprint density at radius 1 is 1.50 bits per heavy atom. The first-order chi connectivity index (χ1) is 7.81. The Bertz CT molecular complexity index is 411. The smallest absolute Gasteiger partial charge is 0.198 e. The zero-order valence-electron chi connectivity index (χ0n) is 9.11. The molecule has 0 unspecified atom stereocenters. The molecule has 0 spiro atoms.